The van der Waals surface area contributed by atoms with Gasteiger partial charge in [0.05, 0.1) is 11.6 Å². The predicted molar refractivity (Wildman–Crippen MR) is 49.1 cm³/mol. The summed E-state index contributed by atoms with van der Waals surface area (Å²) in [6.07, 6.45) is -2.40. The normalized spacial score (nSPS) is 10.9. The summed E-state index contributed by atoms with van der Waals surface area (Å²) in [5, 5.41) is 2.52. The van der Waals surface area contributed by atoms with Gasteiger partial charge in [-0.15, -0.1) is 0 Å². The smallest absolute Gasteiger partial charge is 0.250 e. The van der Waals surface area contributed by atoms with Gasteiger partial charge in [-0.05, 0) is 17.7 Å². The Labute approximate surface area is 84.9 Å². The maximum atomic E-state index is 12.9. The number of hydrogen-bond acceptors (Lipinski definition) is 1. The molecule has 0 radical (unpaired) electrons. The average Bonchev–Trinajstić information content (AvgIpc) is 2.10. The molecule has 0 atom stereocenters. The maximum absolute atomic E-state index is 12.9. The van der Waals surface area contributed by atoms with Crippen molar-refractivity contribution in [3.05, 3.63) is 34.6 Å². The molecule has 0 saturated carbocycles. The summed E-state index contributed by atoms with van der Waals surface area (Å²) in [6.45, 7) is -0.192. The molecule has 0 heterocycles. The average molecular weight is 224 g/mol. The quantitative estimate of drug-likeness (QED) is 0.828. The molecule has 0 aliphatic carbocycles. The first-order chi connectivity index (χ1) is 6.59. The van der Waals surface area contributed by atoms with E-state index in [2.05, 4.69) is 5.32 Å². The van der Waals surface area contributed by atoms with Crippen LogP contribution in [0.1, 0.15) is 5.56 Å². The van der Waals surface area contributed by atoms with Crippen molar-refractivity contribution in [2.75, 3.05) is 6.54 Å². The number of benzene rings is 1. The van der Waals surface area contributed by atoms with Gasteiger partial charge in [-0.1, -0.05) is 17.7 Å². The number of rotatable bonds is 4. The van der Waals surface area contributed by atoms with Crippen molar-refractivity contribution in [2.45, 2.75) is 13.0 Å². The van der Waals surface area contributed by atoms with Crippen LogP contribution in [0.4, 0.5) is 13.2 Å². The van der Waals surface area contributed by atoms with Crippen molar-refractivity contribution in [3.8, 4) is 0 Å². The van der Waals surface area contributed by atoms with E-state index in [-0.39, 0.29) is 11.6 Å². The summed E-state index contributed by atoms with van der Waals surface area (Å²) in [7, 11) is 0. The van der Waals surface area contributed by atoms with Gasteiger partial charge >= 0.3 is 0 Å². The van der Waals surface area contributed by atoms with Crippen LogP contribution in [-0.4, -0.2) is 13.0 Å². The van der Waals surface area contributed by atoms with E-state index < -0.39 is 18.8 Å². The fourth-order valence-corrected chi connectivity index (χ4v) is 1.09. The van der Waals surface area contributed by atoms with E-state index in [9.17, 15) is 13.2 Å². The molecule has 0 aliphatic rings. The van der Waals surface area contributed by atoms with E-state index in [1.54, 1.807) is 6.07 Å². The van der Waals surface area contributed by atoms with Crippen LogP contribution < -0.4 is 5.32 Å². The SMILES string of the molecule is Fc1cc(CNCC(F)F)ccc1Cl. The molecule has 0 aliphatic heterocycles. The van der Waals surface area contributed by atoms with Crippen molar-refractivity contribution in [2.24, 2.45) is 0 Å². The number of alkyl halides is 2. The Bertz CT molecular complexity index is 304. The molecule has 0 spiro atoms. The second-order valence-corrected chi connectivity index (χ2v) is 3.18. The maximum Gasteiger partial charge on any atom is 0.250 e. The Hall–Kier alpha value is -0.740. The van der Waals surface area contributed by atoms with Gasteiger partial charge in [0, 0.05) is 6.54 Å². The van der Waals surface area contributed by atoms with Crippen molar-refractivity contribution in [1.29, 1.82) is 0 Å². The lowest BCUT2D eigenvalue weighted by Crippen LogP contribution is -2.20. The third-order valence-corrected chi connectivity index (χ3v) is 1.92. The van der Waals surface area contributed by atoms with Gasteiger partial charge in [0.15, 0.2) is 0 Å². The van der Waals surface area contributed by atoms with Crippen LogP contribution in [0.2, 0.25) is 5.02 Å². The van der Waals surface area contributed by atoms with Crippen LogP contribution in [0.25, 0.3) is 0 Å². The Balaban J connectivity index is 2.47. The van der Waals surface area contributed by atoms with Crippen LogP contribution in [0.15, 0.2) is 18.2 Å². The zero-order valence-corrected chi connectivity index (χ0v) is 7.99. The molecule has 0 bridgehead atoms. The zero-order valence-electron chi connectivity index (χ0n) is 7.24. The number of halogens is 4. The molecular weight excluding hydrogens is 215 g/mol. The van der Waals surface area contributed by atoms with E-state index >= 15 is 0 Å². The second-order valence-electron chi connectivity index (χ2n) is 2.77. The van der Waals surface area contributed by atoms with Crippen molar-refractivity contribution < 1.29 is 13.2 Å². The largest absolute Gasteiger partial charge is 0.307 e. The molecular formula is C9H9ClF3N. The van der Waals surface area contributed by atoms with Crippen LogP contribution >= 0.6 is 11.6 Å². The first-order valence-electron chi connectivity index (χ1n) is 4.02. The van der Waals surface area contributed by atoms with E-state index in [0.29, 0.717) is 5.56 Å². The fourth-order valence-electron chi connectivity index (χ4n) is 0.975. The van der Waals surface area contributed by atoms with E-state index in [0.717, 1.165) is 0 Å². The minimum absolute atomic E-state index is 0.0302. The Morgan fingerprint density at radius 1 is 1.36 bits per heavy atom. The molecule has 1 nitrogen and oxygen atoms in total. The highest BCUT2D eigenvalue weighted by Gasteiger charge is 2.03. The highest BCUT2D eigenvalue weighted by Crippen LogP contribution is 2.15. The second kappa shape index (κ2) is 5.22. The first kappa shape index (κ1) is 11.3. The first-order valence-corrected chi connectivity index (χ1v) is 4.40. The van der Waals surface area contributed by atoms with Gasteiger partial charge in [0.25, 0.3) is 6.43 Å². The van der Waals surface area contributed by atoms with Gasteiger partial charge in [-0.3, -0.25) is 0 Å². The molecule has 0 unspecified atom stereocenters. The summed E-state index contributed by atoms with van der Waals surface area (Å²) >= 11 is 5.45. The Morgan fingerprint density at radius 2 is 2.07 bits per heavy atom. The standard InChI is InChI=1S/C9H9ClF3N/c10-7-2-1-6(3-8(7)11)4-14-5-9(12)13/h1-3,9,14H,4-5H2. The minimum Gasteiger partial charge on any atom is -0.307 e. The molecule has 0 amide bonds. The molecule has 5 heteroatoms. The Kier molecular flexibility index (Phi) is 4.22. The van der Waals surface area contributed by atoms with Crippen LogP contribution in [-0.2, 0) is 6.54 Å². The molecule has 0 aromatic heterocycles. The van der Waals surface area contributed by atoms with E-state index in [1.165, 1.54) is 12.1 Å². The van der Waals surface area contributed by atoms with Gasteiger partial charge in [-0.25, -0.2) is 13.2 Å². The summed E-state index contributed by atoms with van der Waals surface area (Å²) in [6, 6.07) is 4.21. The number of nitrogens with one attached hydrogen (secondary N) is 1. The minimum atomic E-state index is -2.40. The zero-order chi connectivity index (χ0) is 10.6. The monoisotopic (exact) mass is 223 g/mol. The summed E-state index contributed by atoms with van der Waals surface area (Å²) < 4.78 is 36.3. The predicted octanol–water partition coefficient (Wildman–Crippen LogP) is 2.83. The van der Waals surface area contributed by atoms with Crippen LogP contribution in [0, 0.1) is 5.82 Å². The lowest BCUT2D eigenvalue weighted by molar-refractivity contribution is 0.145. The lowest BCUT2D eigenvalue weighted by atomic mass is 10.2. The summed E-state index contributed by atoms with van der Waals surface area (Å²) in [5.41, 5.74) is 0.590. The van der Waals surface area contributed by atoms with Crippen LogP contribution in [0.5, 0.6) is 0 Å². The third kappa shape index (κ3) is 3.55. The topological polar surface area (TPSA) is 12.0 Å². The van der Waals surface area contributed by atoms with E-state index in [1.807, 2.05) is 0 Å². The third-order valence-electron chi connectivity index (χ3n) is 1.61. The summed E-state index contributed by atoms with van der Waals surface area (Å²) in [5.74, 6) is -0.539. The molecule has 0 fully saturated rings. The highest BCUT2D eigenvalue weighted by molar-refractivity contribution is 6.30. The van der Waals surface area contributed by atoms with Gasteiger partial charge in [-0.2, -0.15) is 0 Å². The lowest BCUT2D eigenvalue weighted by Gasteiger charge is -2.04. The molecule has 1 rings (SSSR count). The van der Waals surface area contributed by atoms with Crippen molar-refractivity contribution >= 4 is 11.6 Å². The Morgan fingerprint density at radius 3 is 2.64 bits per heavy atom. The van der Waals surface area contributed by atoms with Gasteiger partial charge < -0.3 is 5.32 Å². The molecule has 78 valence electrons. The van der Waals surface area contributed by atoms with Crippen molar-refractivity contribution in [1.82, 2.24) is 5.32 Å². The number of hydrogen-bond donors (Lipinski definition) is 1. The fraction of sp³-hybridized carbons (Fsp3) is 0.333. The van der Waals surface area contributed by atoms with Crippen molar-refractivity contribution in [3.63, 3.8) is 0 Å². The molecule has 1 N–H and O–H groups in total. The molecule has 14 heavy (non-hydrogen) atoms. The summed E-state index contributed by atoms with van der Waals surface area (Å²) in [4.78, 5) is 0. The molecule has 1 aromatic rings. The highest BCUT2D eigenvalue weighted by atomic mass is 35.5. The van der Waals surface area contributed by atoms with Gasteiger partial charge in [0.2, 0.25) is 0 Å². The molecule has 0 saturated heterocycles. The van der Waals surface area contributed by atoms with Crippen LogP contribution in [0.3, 0.4) is 0 Å². The van der Waals surface area contributed by atoms with E-state index in [4.69, 9.17) is 11.6 Å². The molecule has 1 aromatic carbocycles. The van der Waals surface area contributed by atoms with Gasteiger partial charge in [0.1, 0.15) is 5.82 Å².